The molecule has 2 N–H and O–H groups in total. The average Bonchev–Trinajstić information content (AvgIpc) is 1.38. The van der Waals surface area contributed by atoms with Crippen molar-refractivity contribution in [2.24, 2.45) is 5.73 Å². The van der Waals surface area contributed by atoms with Crippen LogP contribution in [0.4, 0.5) is 0 Å². The number of carbonyl (C=O) groups excluding carboxylic acids is 1. The van der Waals surface area contributed by atoms with Gasteiger partial charge in [0.25, 0.3) is 0 Å². The molecule has 0 spiro atoms. The Bertz CT molecular complexity index is 46.8. The molecule has 0 rings (SSSR count). The largest absolute Gasteiger partial charge is 1.00 e. The van der Waals surface area contributed by atoms with E-state index in [9.17, 15) is 0 Å². The minimum absolute atomic E-state index is 0. The molecule has 0 unspecified atom stereocenters. The summed E-state index contributed by atoms with van der Waals surface area (Å²) in [5.74, 6) is -1.22. The van der Waals surface area contributed by atoms with Crippen molar-refractivity contribution in [1.82, 2.24) is 0 Å². The second kappa shape index (κ2) is 6.24. The minimum atomic E-state index is -1.22. The van der Waals surface area contributed by atoms with Gasteiger partial charge in [-0.15, -0.1) is 0 Å². The van der Waals surface area contributed by atoms with Crippen LogP contribution in [-0.2, 0) is 4.79 Å². The molecule has 0 aromatic carbocycles. The number of hydrogen-bond donors (Lipinski definition) is 1. The minimum Gasteiger partial charge on any atom is -0.549 e. The van der Waals surface area contributed by atoms with E-state index in [0.717, 1.165) is 0 Å². The molecule has 0 bridgehead atoms. The van der Waals surface area contributed by atoms with E-state index in [1.54, 1.807) is 0 Å². The Balaban J connectivity index is 0. The molecule has 4 heteroatoms. The van der Waals surface area contributed by atoms with Crippen LogP contribution in [0.25, 0.3) is 0 Å². The molecule has 3 nitrogen and oxygen atoms in total. The fraction of sp³-hybridized carbons (Fsp3) is 0.500. The SMILES string of the molecule is NCC(=O)[O-].[Rb+]. The molecule has 0 aliphatic rings. The molecule has 30 valence electrons. The zero-order chi connectivity index (χ0) is 4.28. The van der Waals surface area contributed by atoms with Crippen molar-refractivity contribution in [2.45, 2.75) is 0 Å². The molecule has 0 saturated heterocycles. The van der Waals surface area contributed by atoms with Gasteiger partial charge in [-0.1, -0.05) is 0 Å². The van der Waals surface area contributed by atoms with Gasteiger partial charge in [0, 0.05) is 6.54 Å². The molecular weight excluding hydrogens is 155 g/mol. The average molecular weight is 160 g/mol. The maximum atomic E-state index is 9.13. The molecule has 6 heavy (non-hydrogen) atoms. The van der Waals surface area contributed by atoms with Crippen LogP contribution in [0, 0.1) is 0 Å². The van der Waals surface area contributed by atoms with E-state index < -0.39 is 5.97 Å². The van der Waals surface area contributed by atoms with Crippen molar-refractivity contribution in [1.29, 1.82) is 0 Å². The van der Waals surface area contributed by atoms with Crippen LogP contribution in [-0.4, -0.2) is 12.5 Å². The van der Waals surface area contributed by atoms with Crippen LogP contribution < -0.4 is 69.0 Å². The topological polar surface area (TPSA) is 66.2 Å². The molecule has 0 aromatic heterocycles. The molecule has 0 atom stereocenters. The zero-order valence-electron chi connectivity index (χ0n) is 3.60. The van der Waals surface area contributed by atoms with Gasteiger partial charge in [-0.05, 0) is 0 Å². The first kappa shape index (κ1) is 10.3. The predicted molar refractivity (Wildman–Crippen MR) is 14.1 cm³/mol. The molecule has 0 radical (unpaired) electrons. The summed E-state index contributed by atoms with van der Waals surface area (Å²) in [7, 11) is 0. The van der Waals surface area contributed by atoms with Crippen LogP contribution in [0.1, 0.15) is 0 Å². The number of carbonyl (C=O) groups is 1. The first-order valence-electron chi connectivity index (χ1n) is 1.17. The molecule has 0 aliphatic heterocycles. The molecule has 0 amide bonds. The Hall–Kier alpha value is 1.24. The van der Waals surface area contributed by atoms with Gasteiger partial charge >= 0.3 is 58.2 Å². The van der Waals surface area contributed by atoms with E-state index in [1.807, 2.05) is 0 Å². The number of hydrogen-bond acceptors (Lipinski definition) is 3. The van der Waals surface area contributed by atoms with Gasteiger partial charge in [-0.3, -0.25) is 0 Å². The summed E-state index contributed by atoms with van der Waals surface area (Å²) in [6.07, 6.45) is 0. The van der Waals surface area contributed by atoms with Gasteiger partial charge < -0.3 is 15.6 Å². The Morgan fingerprint density at radius 2 is 2.00 bits per heavy atom. The van der Waals surface area contributed by atoms with E-state index >= 15 is 0 Å². The summed E-state index contributed by atoms with van der Waals surface area (Å²) in [5, 5.41) is 9.13. The quantitative estimate of drug-likeness (QED) is 0.416. The number of nitrogens with two attached hydrogens (primary N) is 1. The standard InChI is InChI=1S/C2H5NO2.Rb/c3-1-2(4)5;/h1,3H2,(H,4,5);/q;+1/p-1. The van der Waals surface area contributed by atoms with Crippen molar-refractivity contribution in [3.05, 3.63) is 0 Å². The van der Waals surface area contributed by atoms with Gasteiger partial charge in [0.1, 0.15) is 0 Å². The van der Waals surface area contributed by atoms with Crippen LogP contribution in [0.2, 0.25) is 0 Å². The van der Waals surface area contributed by atoms with E-state index in [4.69, 9.17) is 9.90 Å². The molecule has 0 saturated carbocycles. The first-order valence-corrected chi connectivity index (χ1v) is 1.17. The predicted octanol–water partition coefficient (Wildman–Crippen LogP) is -5.30. The van der Waals surface area contributed by atoms with Crippen LogP contribution in [0.3, 0.4) is 0 Å². The summed E-state index contributed by atoms with van der Waals surface area (Å²) in [6, 6.07) is 0. The van der Waals surface area contributed by atoms with Crippen LogP contribution >= 0.6 is 0 Å². The molecular formula is C2H4NO2Rb. The maximum Gasteiger partial charge on any atom is 1.00 e. The smallest absolute Gasteiger partial charge is 0.549 e. The van der Waals surface area contributed by atoms with Gasteiger partial charge in [0.2, 0.25) is 0 Å². The van der Waals surface area contributed by atoms with E-state index in [1.165, 1.54) is 0 Å². The summed E-state index contributed by atoms with van der Waals surface area (Å²) in [6.45, 7) is -0.389. The third-order valence-corrected chi connectivity index (χ3v) is 0.167. The fourth-order valence-corrected chi connectivity index (χ4v) is 0. The Morgan fingerprint density at radius 1 is 1.83 bits per heavy atom. The summed E-state index contributed by atoms with van der Waals surface area (Å²) >= 11 is 0. The number of carboxylic acid groups (broad SMARTS) is 1. The first-order chi connectivity index (χ1) is 2.27. The summed E-state index contributed by atoms with van der Waals surface area (Å²) in [4.78, 5) is 9.13. The Labute approximate surface area is 84.7 Å². The fourth-order valence-electron chi connectivity index (χ4n) is 0. The normalized spacial score (nSPS) is 6.17. The second-order valence-electron chi connectivity index (χ2n) is 0.576. The molecule has 0 heterocycles. The van der Waals surface area contributed by atoms with Crippen LogP contribution in [0.15, 0.2) is 0 Å². The van der Waals surface area contributed by atoms with Crippen molar-refractivity contribution in [3.63, 3.8) is 0 Å². The van der Waals surface area contributed by atoms with Gasteiger partial charge in [-0.25, -0.2) is 0 Å². The number of aliphatic carboxylic acids is 1. The number of rotatable bonds is 1. The van der Waals surface area contributed by atoms with Gasteiger partial charge in [0.05, 0.1) is 5.97 Å². The monoisotopic (exact) mass is 159 g/mol. The Kier molecular flexibility index (Phi) is 10.7. The van der Waals surface area contributed by atoms with Gasteiger partial charge in [-0.2, -0.15) is 0 Å². The number of carboxylic acids is 1. The third kappa shape index (κ3) is 8.97. The van der Waals surface area contributed by atoms with Crippen molar-refractivity contribution in [3.8, 4) is 0 Å². The summed E-state index contributed by atoms with van der Waals surface area (Å²) < 4.78 is 0. The van der Waals surface area contributed by atoms with E-state index in [2.05, 4.69) is 5.73 Å². The second-order valence-corrected chi connectivity index (χ2v) is 0.576. The van der Waals surface area contributed by atoms with Crippen LogP contribution in [0.5, 0.6) is 0 Å². The van der Waals surface area contributed by atoms with Gasteiger partial charge in [0.15, 0.2) is 0 Å². The van der Waals surface area contributed by atoms with E-state index in [0.29, 0.717) is 0 Å². The van der Waals surface area contributed by atoms with Crippen molar-refractivity contribution < 1.29 is 68.1 Å². The maximum absolute atomic E-state index is 9.13. The molecule has 0 aromatic rings. The van der Waals surface area contributed by atoms with E-state index in [-0.39, 0.29) is 64.7 Å². The zero-order valence-corrected chi connectivity index (χ0v) is 8.52. The third-order valence-electron chi connectivity index (χ3n) is 0.167. The van der Waals surface area contributed by atoms with Crippen molar-refractivity contribution >= 4 is 5.97 Å². The summed E-state index contributed by atoms with van der Waals surface area (Å²) in [5.41, 5.74) is 4.51. The van der Waals surface area contributed by atoms with Crippen molar-refractivity contribution in [2.75, 3.05) is 6.54 Å². The molecule has 0 fully saturated rings. The Morgan fingerprint density at radius 3 is 2.00 bits per heavy atom. The molecule has 0 aliphatic carbocycles.